The molecule has 0 radical (unpaired) electrons. The standard InChI is InChI=1S/C27H40N8O3/c1-4-21-18-33(24(36)27(2,3)29)15-16-35(21)26(38)31-23-11-14-34(25(37)30-23)22-7-5-19(6-8-22)17-32-12-9-20(28)10-13-32/h5-8,11,14,20-21H,4,9-10,12-13,15-18,28-29H2,1-3H3,(H,30,31,37,38)/t21-/m1/s1. The van der Waals surface area contributed by atoms with E-state index in [4.69, 9.17) is 11.5 Å². The van der Waals surface area contributed by atoms with Crippen LogP contribution in [0.4, 0.5) is 10.6 Å². The summed E-state index contributed by atoms with van der Waals surface area (Å²) in [6, 6.07) is 9.27. The van der Waals surface area contributed by atoms with Crippen molar-refractivity contribution in [3.63, 3.8) is 0 Å². The number of likely N-dealkylation sites (tertiary alicyclic amines) is 1. The van der Waals surface area contributed by atoms with E-state index in [9.17, 15) is 14.4 Å². The molecule has 2 aliphatic rings. The lowest BCUT2D eigenvalue weighted by atomic mass is 10.0. The highest BCUT2D eigenvalue weighted by Gasteiger charge is 2.35. The van der Waals surface area contributed by atoms with E-state index >= 15 is 0 Å². The monoisotopic (exact) mass is 524 g/mol. The molecule has 2 aliphatic heterocycles. The lowest BCUT2D eigenvalue weighted by molar-refractivity contribution is -0.138. The van der Waals surface area contributed by atoms with E-state index in [1.165, 1.54) is 10.1 Å². The number of nitrogens with one attached hydrogen (secondary N) is 1. The summed E-state index contributed by atoms with van der Waals surface area (Å²) in [5, 5.41) is 2.75. The van der Waals surface area contributed by atoms with E-state index in [-0.39, 0.29) is 23.8 Å². The zero-order chi connectivity index (χ0) is 27.4. The number of urea groups is 1. The first-order valence-electron chi connectivity index (χ1n) is 13.4. The van der Waals surface area contributed by atoms with Gasteiger partial charge in [-0.2, -0.15) is 4.98 Å². The summed E-state index contributed by atoms with van der Waals surface area (Å²) in [4.78, 5) is 48.3. The van der Waals surface area contributed by atoms with E-state index in [1.54, 1.807) is 35.9 Å². The number of amides is 3. The van der Waals surface area contributed by atoms with Crippen molar-refractivity contribution in [1.29, 1.82) is 0 Å². The number of hydrogen-bond acceptors (Lipinski definition) is 7. The second kappa shape index (κ2) is 11.6. The highest BCUT2D eigenvalue weighted by atomic mass is 16.2. The smallest absolute Gasteiger partial charge is 0.337 e. The number of aromatic nitrogens is 2. The Kier molecular flexibility index (Phi) is 8.49. The summed E-state index contributed by atoms with van der Waals surface area (Å²) in [7, 11) is 0. The van der Waals surface area contributed by atoms with Crippen LogP contribution in [0.3, 0.4) is 0 Å². The lowest BCUT2D eigenvalue weighted by Gasteiger charge is -2.42. The number of hydrogen-bond donors (Lipinski definition) is 3. The van der Waals surface area contributed by atoms with Crippen molar-refractivity contribution in [2.24, 2.45) is 11.5 Å². The molecule has 0 unspecified atom stereocenters. The van der Waals surface area contributed by atoms with Crippen LogP contribution in [0.5, 0.6) is 0 Å². The lowest BCUT2D eigenvalue weighted by Crippen LogP contribution is -2.61. The van der Waals surface area contributed by atoms with E-state index in [0.29, 0.717) is 37.8 Å². The Labute approximate surface area is 223 Å². The number of piperazine rings is 1. The topological polar surface area (TPSA) is 143 Å². The third-order valence-corrected chi connectivity index (χ3v) is 7.34. The van der Waals surface area contributed by atoms with Gasteiger partial charge in [-0.25, -0.2) is 9.59 Å². The Balaban J connectivity index is 1.37. The van der Waals surface area contributed by atoms with Crippen molar-refractivity contribution in [2.45, 2.75) is 64.2 Å². The maximum absolute atomic E-state index is 13.0. The Morgan fingerprint density at radius 2 is 1.76 bits per heavy atom. The van der Waals surface area contributed by atoms with Crippen LogP contribution in [0.15, 0.2) is 41.3 Å². The van der Waals surface area contributed by atoms with E-state index in [0.717, 1.165) is 32.5 Å². The molecule has 1 atom stereocenters. The van der Waals surface area contributed by atoms with Crippen molar-refractivity contribution in [1.82, 2.24) is 24.3 Å². The molecule has 3 heterocycles. The molecule has 0 saturated carbocycles. The molecule has 1 aromatic carbocycles. The van der Waals surface area contributed by atoms with Crippen LogP contribution in [0.1, 0.15) is 45.6 Å². The summed E-state index contributed by atoms with van der Waals surface area (Å²) < 4.78 is 1.45. The Morgan fingerprint density at radius 1 is 1.08 bits per heavy atom. The normalized spacial score (nSPS) is 19.4. The fraction of sp³-hybridized carbons (Fsp3) is 0.556. The molecule has 38 heavy (non-hydrogen) atoms. The third-order valence-electron chi connectivity index (χ3n) is 7.34. The van der Waals surface area contributed by atoms with Crippen LogP contribution in [0.2, 0.25) is 0 Å². The summed E-state index contributed by atoms with van der Waals surface area (Å²) in [6.45, 7) is 9.39. The van der Waals surface area contributed by atoms with Gasteiger partial charge in [0.2, 0.25) is 5.91 Å². The van der Waals surface area contributed by atoms with Crippen LogP contribution in [0, 0.1) is 0 Å². The van der Waals surface area contributed by atoms with E-state index in [2.05, 4.69) is 15.2 Å². The first-order valence-corrected chi connectivity index (χ1v) is 13.4. The average molecular weight is 525 g/mol. The van der Waals surface area contributed by atoms with Gasteiger partial charge in [-0.05, 0) is 70.0 Å². The maximum atomic E-state index is 13.0. The van der Waals surface area contributed by atoms with Gasteiger partial charge in [-0.15, -0.1) is 0 Å². The molecule has 2 fully saturated rings. The van der Waals surface area contributed by atoms with Crippen LogP contribution in [0.25, 0.3) is 5.69 Å². The second-order valence-corrected chi connectivity index (χ2v) is 10.9. The van der Waals surface area contributed by atoms with Crippen LogP contribution in [-0.2, 0) is 11.3 Å². The number of nitrogens with zero attached hydrogens (tertiary/aromatic N) is 5. The fourth-order valence-corrected chi connectivity index (χ4v) is 5.05. The highest BCUT2D eigenvalue weighted by molar-refractivity contribution is 5.89. The largest absolute Gasteiger partial charge is 0.354 e. The summed E-state index contributed by atoms with van der Waals surface area (Å²) >= 11 is 0. The molecule has 0 aliphatic carbocycles. The number of piperidine rings is 1. The predicted octanol–water partition coefficient (Wildman–Crippen LogP) is 1.35. The number of benzene rings is 1. The molecule has 0 spiro atoms. The van der Waals surface area contributed by atoms with Gasteiger partial charge in [0.05, 0.1) is 17.3 Å². The summed E-state index contributed by atoms with van der Waals surface area (Å²) in [5.74, 6) is 0.0539. The molecule has 206 valence electrons. The predicted molar refractivity (Wildman–Crippen MR) is 147 cm³/mol. The molecule has 3 amide bonds. The number of carbonyl (C=O) groups excluding carboxylic acids is 2. The first kappa shape index (κ1) is 27.7. The zero-order valence-corrected chi connectivity index (χ0v) is 22.6. The minimum absolute atomic E-state index is 0.134. The van der Waals surface area contributed by atoms with E-state index < -0.39 is 11.2 Å². The van der Waals surface area contributed by atoms with Gasteiger partial charge in [-0.1, -0.05) is 19.1 Å². The Hall–Kier alpha value is -3.28. The molecular weight excluding hydrogens is 484 g/mol. The molecule has 4 rings (SSSR count). The summed E-state index contributed by atoms with van der Waals surface area (Å²) in [5.41, 5.74) is 12.4. The molecule has 2 saturated heterocycles. The van der Waals surface area contributed by atoms with Gasteiger partial charge in [0.1, 0.15) is 5.82 Å². The maximum Gasteiger partial charge on any atom is 0.354 e. The molecule has 5 N–H and O–H groups in total. The number of rotatable bonds is 6. The Bertz CT molecular complexity index is 1180. The van der Waals surface area contributed by atoms with Gasteiger partial charge in [0.15, 0.2) is 0 Å². The number of nitrogens with two attached hydrogens (primary N) is 2. The van der Waals surface area contributed by atoms with Crippen molar-refractivity contribution in [3.05, 3.63) is 52.6 Å². The molecular formula is C27H40N8O3. The number of carbonyl (C=O) groups is 2. The third kappa shape index (κ3) is 6.58. The van der Waals surface area contributed by atoms with Crippen molar-refractivity contribution >= 4 is 17.8 Å². The van der Waals surface area contributed by atoms with Crippen LogP contribution >= 0.6 is 0 Å². The quantitative estimate of drug-likeness (QED) is 0.518. The van der Waals surface area contributed by atoms with Gasteiger partial charge < -0.3 is 21.3 Å². The zero-order valence-electron chi connectivity index (χ0n) is 22.6. The molecule has 11 heteroatoms. The van der Waals surface area contributed by atoms with Crippen molar-refractivity contribution in [3.8, 4) is 5.69 Å². The first-order chi connectivity index (χ1) is 18.0. The minimum Gasteiger partial charge on any atom is -0.337 e. The Morgan fingerprint density at radius 3 is 2.37 bits per heavy atom. The molecule has 1 aromatic heterocycles. The van der Waals surface area contributed by atoms with Crippen molar-refractivity contribution in [2.75, 3.05) is 38.0 Å². The number of anilines is 1. The van der Waals surface area contributed by atoms with Gasteiger partial charge >= 0.3 is 11.7 Å². The van der Waals surface area contributed by atoms with Gasteiger partial charge in [0, 0.05) is 38.4 Å². The molecule has 0 bridgehead atoms. The van der Waals surface area contributed by atoms with Gasteiger partial charge in [0.25, 0.3) is 0 Å². The van der Waals surface area contributed by atoms with Crippen molar-refractivity contribution < 1.29 is 9.59 Å². The minimum atomic E-state index is -0.959. The summed E-state index contributed by atoms with van der Waals surface area (Å²) in [6.07, 6.45) is 4.33. The molecule has 11 nitrogen and oxygen atoms in total. The van der Waals surface area contributed by atoms with E-state index in [1.807, 2.05) is 31.2 Å². The average Bonchev–Trinajstić information content (AvgIpc) is 2.89. The highest BCUT2D eigenvalue weighted by Crippen LogP contribution is 2.18. The van der Waals surface area contributed by atoms with Crippen LogP contribution in [-0.4, -0.2) is 86.5 Å². The SMILES string of the molecule is CC[C@@H]1CN(C(=O)C(C)(C)N)CCN1C(=O)Nc1ccn(-c2ccc(CN3CCC(N)CC3)cc2)c(=O)n1. The van der Waals surface area contributed by atoms with Crippen LogP contribution < -0.4 is 22.5 Å². The second-order valence-electron chi connectivity index (χ2n) is 10.9. The van der Waals surface area contributed by atoms with Gasteiger partial charge in [-0.3, -0.25) is 19.6 Å². The molecule has 2 aromatic rings. The fourth-order valence-electron chi connectivity index (χ4n) is 5.05.